The number of amides is 1. The SMILES string of the molecule is CC(C)(C)N(C(=O)O)C(CCO)c1ccccc1. The molecule has 4 heteroatoms. The fourth-order valence-corrected chi connectivity index (χ4v) is 2.13. The molecule has 0 saturated carbocycles. The van der Waals surface area contributed by atoms with E-state index in [-0.39, 0.29) is 12.6 Å². The van der Waals surface area contributed by atoms with Gasteiger partial charge in [-0.15, -0.1) is 0 Å². The normalized spacial score (nSPS) is 13.1. The predicted molar refractivity (Wildman–Crippen MR) is 70.5 cm³/mol. The highest BCUT2D eigenvalue weighted by molar-refractivity contribution is 5.67. The average Bonchev–Trinajstić information content (AvgIpc) is 2.27. The zero-order valence-electron chi connectivity index (χ0n) is 11.1. The highest BCUT2D eigenvalue weighted by atomic mass is 16.4. The number of carboxylic acid groups (broad SMARTS) is 1. The van der Waals surface area contributed by atoms with E-state index in [0.717, 1.165) is 5.56 Å². The fourth-order valence-electron chi connectivity index (χ4n) is 2.13. The first-order chi connectivity index (χ1) is 8.38. The molecule has 0 aliphatic heterocycles. The largest absolute Gasteiger partial charge is 0.465 e. The van der Waals surface area contributed by atoms with Crippen LogP contribution in [0.1, 0.15) is 38.8 Å². The summed E-state index contributed by atoms with van der Waals surface area (Å²) in [4.78, 5) is 12.9. The van der Waals surface area contributed by atoms with Crippen molar-refractivity contribution in [2.24, 2.45) is 0 Å². The summed E-state index contributed by atoms with van der Waals surface area (Å²) in [5.74, 6) is 0. The number of nitrogens with zero attached hydrogens (tertiary/aromatic N) is 1. The molecular formula is C14H21NO3. The van der Waals surface area contributed by atoms with Crippen LogP contribution in [-0.4, -0.2) is 33.4 Å². The molecule has 1 rings (SSSR count). The Labute approximate surface area is 108 Å². The van der Waals surface area contributed by atoms with Gasteiger partial charge < -0.3 is 10.2 Å². The quantitative estimate of drug-likeness (QED) is 0.865. The summed E-state index contributed by atoms with van der Waals surface area (Å²) in [7, 11) is 0. The van der Waals surface area contributed by atoms with Crippen LogP contribution in [0, 0.1) is 0 Å². The first kappa shape index (κ1) is 14.5. The second-order valence-corrected chi connectivity index (χ2v) is 5.26. The summed E-state index contributed by atoms with van der Waals surface area (Å²) < 4.78 is 0. The minimum atomic E-state index is -0.968. The van der Waals surface area contributed by atoms with Crippen molar-refractivity contribution in [2.75, 3.05) is 6.61 Å². The molecule has 1 unspecified atom stereocenters. The molecule has 1 aromatic carbocycles. The summed E-state index contributed by atoms with van der Waals surface area (Å²) in [5.41, 5.74) is 0.394. The van der Waals surface area contributed by atoms with Crippen LogP contribution in [0.2, 0.25) is 0 Å². The van der Waals surface area contributed by atoms with Gasteiger partial charge in [0.2, 0.25) is 0 Å². The molecule has 0 heterocycles. The summed E-state index contributed by atoms with van der Waals surface area (Å²) >= 11 is 0. The van der Waals surface area contributed by atoms with Gasteiger partial charge in [-0.3, -0.25) is 4.90 Å². The smallest absolute Gasteiger partial charge is 0.408 e. The fraction of sp³-hybridized carbons (Fsp3) is 0.500. The molecule has 0 bridgehead atoms. The predicted octanol–water partition coefficient (Wildman–Crippen LogP) is 2.89. The zero-order chi connectivity index (χ0) is 13.8. The number of aliphatic hydroxyl groups excluding tert-OH is 1. The first-order valence-electron chi connectivity index (χ1n) is 6.06. The van der Waals surface area contributed by atoms with Gasteiger partial charge in [0.1, 0.15) is 0 Å². The number of benzene rings is 1. The van der Waals surface area contributed by atoms with E-state index in [1.54, 1.807) is 0 Å². The van der Waals surface area contributed by atoms with Crippen LogP contribution in [0.4, 0.5) is 4.79 Å². The van der Waals surface area contributed by atoms with E-state index >= 15 is 0 Å². The topological polar surface area (TPSA) is 60.8 Å². The molecule has 2 N–H and O–H groups in total. The third-order valence-corrected chi connectivity index (χ3v) is 2.83. The lowest BCUT2D eigenvalue weighted by Crippen LogP contribution is -2.47. The second-order valence-electron chi connectivity index (χ2n) is 5.26. The first-order valence-corrected chi connectivity index (χ1v) is 6.06. The van der Waals surface area contributed by atoms with Gasteiger partial charge in [-0.05, 0) is 32.8 Å². The molecule has 0 aromatic heterocycles. The van der Waals surface area contributed by atoms with Gasteiger partial charge in [-0.25, -0.2) is 4.79 Å². The van der Waals surface area contributed by atoms with Crippen LogP contribution < -0.4 is 0 Å². The molecule has 100 valence electrons. The van der Waals surface area contributed by atoms with Gasteiger partial charge in [0, 0.05) is 12.1 Å². The Balaban J connectivity index is 3.13. The minimum absolute atomic E-state index is 0.0422. The van der Waals surface area contributed by atoms with Crippen LogP contribution in [0.5, 0.6) is 0 Å². The van der Waals surface area contributed by atoms with E-state index < -0.39 is 11.6 Å². The van der Waals surface area contributed by atoms with E-state index in [0.29, 0.717) is 6.42 Å². The Kier molecular flexibility index (Phi) is 4.73. The van der Waals surface area contributed by atoms with E-state index in [1.807, 2.05) is 51.1 Å². The molecule has 0 aliphatic carbocycles. The molecule has 0 radical (unpaired) electrons. The molecule has 4 nitrogen and oxygen atoms in total. The maximum Gasteiger partial charge on any atom is 0.408 e. The number of carbonyl (C=O) groups is 1. The average molecular weight is 251 g/mol. The van der Waals surface area contributed by atoms with E-state index in [4.69, 9.17) is 0 Å². The van der Waals surface area contributed by atoms with Crippen LogP contribution in [0.15, 0.2) is 30.3 Å². The highest BCUT2D eigenvalue weighted by Gasteiger charge is 2.33. The van der Waals surface area contributed by atoms with Crippen molar-refractivity contribution in [3.8, 4) is 0 Å². The minimum Gasteiger partial charge on any atom is -0.465 e. The van der Waals surface area contributed by atoms with Gasteiger partial charge in [-0.2, -0.15) is 0 Å². The number of hydrogen-bond donors (Lipinski definition) is 2. The van der Waals surface area contributed by atoms with E-state index in [1.165, 1.54) is 4.90 Å². The number of hydrogen-bond acceptors (Lipinski definition) is 2. The Morgan fingerprint density at radius 3 is 2.22 bits per heavy atom. The van der Waals surface area contributed by atoms with Gasteiger partial charge in [-0.1, -0.05) is 30.3 Å². The number of aliphatic hydroxyl groups is 1. The molecule has 1 aromatic rings. The molecule has 1 amide bonds. The maximum absolute atomic E-state index is 11.5. The van der Waals surface area contributed by atoms with Crippen molar-refractivity contribution in [3.63, 3.8) is 0 Å². The highest BCUT2D eigenvalue weighted by Crippen LogP contribution is 2.30. The van der Waals surface area contributed by atoms with Gasteiger partial charge in [0.15, 0.2) is 0 Å². The van der Waals surface area contributed by atoms with Crippen LogP contribution in [0.25, 0.3) is 0 Å². The number of rotatable bonds is 4. The lowest BCUT2D eigenvalue weighted by atomic mass is 9.96. The van der Waals surface area contributed by atoms with Crippen LogP contribution in [-0.2, 0) is 0 Å². The third kappa shape index (κ3) is 3.47. The molecule has 0 spiro atoms. The van der Waals surface area contributed by atoms with Crippen molar-refractivity contribution < 1.29 is 15.0 Å². The molecule has 0 aliphatic rings. The summed E-state index contributed by atoms with van der Waals surface area (Å²) in [6, 6.07) is 9.10. The van der Waals surface area contributed by atoms with Gasteiger partial charge >= 0.3 is 6.09 Å². The standard InChI is InChI=1S/C14H21NO3/c1-14(2,3)15(13(17)18)12(9-10-16)11-7-5-4-6-8-11/h4-8,12,16H,9-10H2,1-3H3,(H,17,18). The van der Waals surface area contributed by atoms with Gasteiger partial charge in [0.25, 0.3) is 0 Å². The molecule has 0 fully saturated rings. The van der Waals surface area contributed by atoms with Gasteiger partial charge in [0.05, 0.1) is 6.04 Å². The van der Waals surface area contributed by atoms with Crippen molar-refractivity contribution in [3.05, 3.63) is 35.9 Å². The molecule has 0 saturated heterocycles. The maximum atomic E-state index is 11.5. The third-order valence-electron chi connectivity index (χ3n) is 2.83. The lowest BCUT2D eigenvalue weighted by Gasteiger charge is -2.39. The van der Waals surface area contributed by atoms with E-state index in [2.05, 4.69) is 0 Å². The molecule has 1 atom stereocenters. The lowest BCUT2D eigenvalue weighted by molar-refractivity contribution is 0.0602. The summed E-state index contributed by atoms with van der Waals surface area (Å²) in [6.07, 6.45) is -0.571. The van der Waals surface area contributed by atoms with E-state index in [9.17, 15) is 15.0 Å². The Morgan fingerprint density at radius 2 is 1.83 bits per heavy atom. The monoisotopic (exact) mass is 251 g/mol. The Bertz CT molecular complexity index is 384. The zero-order valence-corrected chi connectivity index (χ0v) is 11.1. The van der Waals surface area contributed by atoms with Crippen molar-refractivity contribution >= 4 is 6.09 Å². The van der Waals surface area contributed by atoms with Crippen molar-refractivity contribution in [1.29, 1.82) is 0 Å². The van der Waals surface area contributed by atoms with Crippen molar-refractivity contribution in [2.45, 2.75) is 38.8 Å². The summed E-state index contributed by atoms with van der Waals surface area (Å²) in [6.45, 7) is 5.52. The Hall–Kier alpha value is -1.55. The Morgan fingerprint density at radius 1 is 1.28 bits per heavy atom. The molecule has 18 heavy (non-hydrogen) atoms. The van der Waals surface area contributed by atoms with Crippen molar-refractivity contribution in [1.82, 2.24) is 4.90 Å². The summed E-state index contributed by atoms with van der Waals surface area (Å²) in [5, 5.41) is 18.6. The van der Waals surface area contributed by atoms with Crippen LogP contribution >= 0.6 is 0 Å². The van der Waals surface area contributed by atoms with Crippen LogP contribution in [0.3, 0.4) is 0 Å². The second kappa shape index (κ2) is 5.87. The molecular weight excluding hydrogens is 230 g/mol.